The molecule has 6 nitrogen and oxygen atoms in total. The molecule has 1 aliphatic carbocycles. The average Bonchev–Trinajstić information content (AvgIpc) is 1.55. The second-order valence-corrected chi connectivity index (χ2v) is 33.1. The minimum absolute atomic E-state index is 0.0552. The smallest absolute Gasteiger partial charge is 0.122 e. The Bertz CT molecular complexity index is 5500. The summed E-state index contributed by atoms with van der Waals surface area (Å²) in [6.07, 6.45) is 34.7. The Hall–Kier alpha value is -10.6. The Morgan fingerprint density at radius 3 is 0.832 bits per heavy atom. The topological polar surface area (TPSA) is 38.2 Å². The number of hydrogen-bond donors (Lipinski definition) is 0. The number of ether oxygens (including phenoxy) is 2. The van der Waals surface area contributed by atoms with Crippen LogP contribution in [0.25, 0.3) is 121 Å². The summed E-state index contributed by atoms with van der Waals surface area (Å²) in [4.78, 5) is 0. The molecule has 6 heteroatoms. The first kappa shape index (κ1) is 75.1. The Balaban J connectivity index is 0.501. The van der Waals surface area contributed by atoms with Gasteiger partial charge in [0.2, 0.25) is 0 Å². The zero-order valence-electron chi connectivity index (χ0n) is 67.6. The molecule has 0 bridgehead atoms. The highest BCUT2D eigenvalue weighted by atomic mass is 16.5. The van der Waals surface area contributed by atoms with Gasteiger partial charge in [0.05, 0.1) is 57.3 Å². The third-order valence-corrected chi connectivity index (χ3v) is 25.5. The fourth-order valence-electron chi connectivity index (χ4n) is 19.6. The van der Waals surface area contributed by atoms with Gasteiger partial charge in [-0.1, -0.05) is 264 Å². The highest BCUT2D eigenvalue weighted by Crippen LogP contribution is 2.57. The number of benzene rings is 12. The van der Waals surface area contributed by atoms with Crippen LogP contribution in [0.15, 0.2) is 255 Å². The van der Waals surface area contributed by atoms with Crippen LogP contribution in [0.3, 0.4) is 0 Å². The summed E-state index contributed by atoms with van der Waals surface area (Å²) in [7, 11) is 0. The van der Waals surface area contributed by atoms with Crippen molar-refractivity contribution in [2.24, 2.45) is 0 Å². The third-order valence-electron chi connectivity index (χ3n) is 25.5. The maximum Gasteiger partial charge on any atom is 0.122 e. The number of para-hydroxylation sites is 6. The van der Waals surface area contributed by atoms with Gasteiger partial charge in [0.25, 0.3) is 0 Å². The Morgan fingerprint density at radius 1 is 0.248 bits per heavy atom. The van der Waals surface area contributed by atoms with E-state index in [1.54, 1.807) is 0 Å². The molecule has 0 radical (unpaired) electrons. The van der Waals surface area contributed by atoms with E-state index in [1.807, 2.05) is 0 Å². The van der Waals surface area contributed by atoms with E-state index in [0.717, 1.165) is 50.4 Å². The quantitative estimate of drug-likeness (QED) is 0.0362. The molecule has 16 aromatic rings. The van der Waals surface area contributed by atoms with E-state index in [-0.39, 0.29) is 5.41 Å². The van der Waals surface area contributed by atoms with Crippen LogP contribution in [0.4, 0.5) is 0 Å². The largest absolute Gasteiger partial charge is 0.493 e. The number of aryl methyl sites for hydroxylation is 4. The molecule has 0 spiro atoms. The van der Waals surface area contributed by atoms with Crippen molar-refractivity contribution in [1.29, 1.82) is 0 Å². The summed E-state index contributed by atoms with van der Waals surface area (Å²) >= 11 is 0. The van der Waals surface area contributed by atoms with E-state index < -0.39 is 0 Å². The Labute approximate surface area is 670 Å². The lowest BCUT2D eigenvalue weighted by atomic mass is 9.70. The second-order valence-electron chi connectivity index (χ2n) is 33.1. The molecule has 12 aromatic carbocycles. The van der Waals surface area contributed by atoms with Crippen LogP contribution in [0.5, 0.6) is 11.5 Å². The molecule has 0 amide bonds. The van der Waals surface area contributed by atoms with Gasteiger partial charge < -0.3 is 27.7 Å². The molecule has 1 aliphatic rings. The van der Waals surface area contributed by atoms with Gasteiger partial charge in [-0.15, -0.1) is 0 Å². The average molecular weight is 1490 g/mol. The number of unbranched alkanes of at least 4 members (excludes halogenated alkanes) is 20. The van der Waals surface area contributed by atoms with E-state index in [4.69, 9.17) is 9.47 Å². The maximum absolute atomic E-state index is 6.94. The summed E-state index contributed by atoms with van der Waals surface area (Å²) in [5, 5.41) is 10.4. The molecule has 17 rings (SSSR count). The first-order valence-electron chi connectivity index (χ1n) is 43.6. The van der Waals surface area contributed by atoms with Gasteiger partial charge >= 0.3 is 0 Å². The van der Waals surface area contributed by atoms with Crippen molar-refractivity contribution < 1.29 is 9.47 Å². The van der Waals surface area contributed by atoms with Crippen molar-refractivity contribution >= 4 is 87.2 Å². The lowest BCUT2D eigenvalue weighted by Crippen LogP contribution is -2.26. The summed E-state index contributed by atoms with van der Waals surface area (Å²) in [6, 6.07) is 95.8. The molecular weight excluding hydrogens is 1370 g/mol. The molecule has 113 heavy (non-hydrogen) atoms. The van der Waals surface area contributed by atoms with Gasteiger partial charge in [-0.3, -0.25) is 0 Å². The van der Waals surface area contributed by atoms with Crippen LogP contribution in [-0.4, -0.2) is 31.5 Å². The molecule has 0 fully saturated rings. The first-order chi connectivity index (χ1) is 55.8. The van der Waals surface area contributed by atoms with Gasteiger partial charge in [0.15, 0.2) is 0 Å². The van der Waals surface area contributed by atoms with Gasteiger partial charge in [-0.25, -0.2) is 0 Å². The van der Waals surface area contributed by atoms with Crippen molar-refractivity contribution in [3.8, 4) is 45.4 Å². The summed E-state index contributed by atoms with van der Waals surface area (Å²) < 4.78 is 23.6. The normalized spacial score (nSPS) is 12.7. The molecular formula is C107H114N4O2. The molecule has 0 unspecified atom stereocenters. The summed E-state index contributed by atoms with van der Waals surface area (Å²) in [5.41, 5.74) is 25.9. The molecule has 4 heterocycles. The van der Waals surface area contributed by atoms with Crippen molar-refractivity contribution in [2.45, 2.75) is 213 Å². The second kappa shape index (κ2) is 34.8. The molecule has 0 aliphatic heterocycles. The van der Waals surface area contributed by atoms with E-state index in [9.17, 15) is 0 Å². The monoisotopic (exact) mass is 1490 g/mol. The molecule has 574 valence electrons. The van der Waals surface area contributed by atoms with Gasteiger partial charge in [0, 0.05) is 71.3 Å². The molecule has 0 atom stereocenters. The highest BCUT2D eigenvalue weighted by molar-refractivity contribution is 6.12. The summed E-state index contributed by atoms with van der Waals surface area (Å²) in [5.74, 6) is 2.18. The van der Waals surface area contributed by atoms with Crippen LogP contribution in [-0.2, 0) is 18.3 Å². The van der Waals surface area contributed by atoms with Crippen LogP contribution < -0.4 is 9.47 Å². The van der Waals surface area contributed by atoms with E-state index in [2.05, 4.69) is 301 Å². The zero-order valence-corrected chi connectivity index (χ0v) is 67.6. The Morgan fingerprint density at radius 2 is 0.513 bits per heavy atom. The molecule has 0 N–H and O–H groups in total. The van der Waals surface area contributed by atoms with E-state index >= 15 is 0 Å². The number of hydrogen-bond acceptors (Lipinski definition) is 2. The van der Waals surface area contributed by atoms with Gasteiger partial charge in [-0.2, -0.15) is 0 Å². The Kier molecular flexibility index (Phi) is 23.2. The van der Waals surface area contributed by atoms with Crippen LogP contribution in [0.1, 0.15) is 214 Å². The highest BCUT2D eigenvalue weighted by Gasteiger charge is 2.44. The predicted molar refractivity (Wildman–Crippen MR) is 482 cm³/mol. The molecule has 4 aromatic heterocycles. The number of rotatable bonds is 38. The predicted octanol–water partition coefficient (Wildman–Crippen LogP) is 30.4. The minimum atomic E-state index is -0.0552. The standard InChI is InChI=1S/C107H114N4O2/c1-5-7-9-11-19-37-67-107(68-38-20-12-10-8-6-2)95-75-105(112-69-39-21-15-13-17-23-41-79-55-65-103-93(73-79)89-47-29-35-53-101(89)110(103)83-61-57-81(58-62-83)108-97-49-31-25-43-85(97)86-44-26-32-50-98(86)108)77(3)71-91(95)92-72-78(4)106(76-96(92)107)113-70-40-22-16-14-18-24-42-80-56-66-104-94(74-80)90-48-30-36-54-102(90)111(104)84-63-59-82(60-64-84)109-99-51-33-27-45-87(99)88-46-28-34-52-100(88)109/h25-36,43-66,71-76H,5-24,37-42,67-70H2,1-4H3. The van der Waals surface area contributed by atoms with Crippen molar-refractivity contribution in [3.63, 3.8) is 0 Å². The fraction of sp³-hybridized carbons (Fsp3) is 0.327. The van der Waals surface area contributed by atoms with E-state index in [1.165, 1.54) is 309 Å². The minimum Gasteiger partial charge on any atom is -0.493 e. The van der Waals surface area contributed by atoms with Crippen LogP contribution in [0, 0.1) is 13.8 Å². The SMILES string of the molecule is CCCCCCCCC1(CCCCCCCC)c2cc(OCCCCCCCCc3ccc4c(c3)c3ccccc3n4-c3ccc(-n4c5ccccc5c5ccccc54)cc3)c(C)cc2-c2cc(C)c(OCCCCCCCCc3ccc4c(c3)c3ccccc3n4-c3ccc(-n4c5ccccc5c5ccccc54)cc3)cc21. The number of aromatic nitrogens is 4. The van der Waals surface area contributed by atoms with Crippen LogP contribution in [0.2, 0.25) is 0 Å². The third kappa shape index (κ3) is 15.4. The van der Waals surface area contributed by atoms with Crippen molar-refractivity contribution in [1.82, 2.24) is 18.3 Å². The fourth-order valence-corrected chi connectivity index (χ4v) is 19.6. The van der Waals surface area contributed by atoms with Gasteiger partial charge in [0.1, 0.15) is 11.5 Å². The number of fused-ring (bicyclic) bond motifs is 15. The zero-order chi connectivity index (χ0) is 76.5. The van der Waals surface area contributed by atoms with Crippen molar-refractivity contribution in [2.75, 3.05) is 13.2 Å². The lowest BCUT2D eigenvalue weighted by molar-refractivity contribution is 0.300. The van der Waals surface area contributed by atoms with E-state index in [0.29, 0.717) is 0 Å². The van der Waals surface area contributed by atoms with Crippen LogP contribution >= 0.6 is 0 Å². The lowest BCUT2D eigenvalue weighted by Gasteiger charge is -2.33. The molecule has 0 saturated heterocycles. The first-order valence-corrected chi connectivity index (χ1v) is 43.6. The molecule has 0 saturated carbocycles. The summed E-state index contributed by atoms with van der Waals surface area (Å²) in [6.45, 7) is 10.8. The number of nitrogens with zero attached hydrogens (tertiary/aromatic N) is 4. The maximum atomic E-state index is 6.94. The van der Waals surface area contributed by atoms with Crippen molar-refractivity contribution in [3.05, 3.63) is 288 Å². The van der Waals surface area contributed by atoms with Gasteiger partial charge in [-0.05, 0) is 243 Å².